The number of piperidine rings is 1. The van der Waals surface area contributed by atoms with Crippen molar-refractivity contribution in [3.63, 3.8) is 0 Å². The number of nitrogens with two attached hydrogens (primary N) is 1. The van der Waals surface area contributed by atoms with Crippen molar-refractivity contribution in [3.8, 4) is 11.1 Å². The first-order chi connectivity index (χ1) is 15.2. The van der Waals surface area contributed by atoms with E-state index in [4.69, 9.17) is 20.5 Å². The quantitative estimate of drug-likeness (QED) is 0.487. The fourth-order valence-corrected chi connectivity index (χ4v) is 3.91. The number of alkyl halides is 3. The molecule has 1 heterocycles. The van der Waals surface area contributed by atoms with E-state index in [1.54, 1.807) is 4.90 Å². The highest BCUT2D eigenvalue weighted by atomic mass is 19.4. The predicted octanol–water partition coefficient (Wildman–Crippen LogP) is 3.50. The van der Waals surface area contributed by atoms with Gasteiger partial charge in [0.15, 0.2) is 0 Å². The summed E-state index contributed by atoms with van der Waals surface area (Å²) in [7, 11) is 0. The molecule has 0 aromatic heterocycles. The van der Waals surface area contributed by atoms with Crippen LogP contribution in [-0.4, -0.2) is 54.0 Å². The van der Waals surface area contributed by atoms with Crippen LogP contribution in [-0.2, 0) is 9.53 Å². The number of halogens is 3. The second kappa shape index (κ2) is 10.0. The van der Waals surface area contributed by atoms with E-state index in [0.29, 0.717) is 19.7 Å². The molecule has 1 saturated heterocycles. The monoisotopic (exact) mass is 451 g/mol. The molecule has 10 heteroatoms. The number of aliphatic carboxylic acids is 1. The number of nitrogens with one attached hydrogen (secondary N) is 1. The zero-order chi connectivity index (χ0) is 23.3. The molecule has 2 aromatic carbocycles. The molecule has 0 bridgehead atoms. The van der Waals surface area contributed by atoms with Crippen LogP contribution in [0.1, 0.15) is 29.9 Å². The summed E-state index contributed by atoms with van der Waals surface area (Å²) in [5.74, 6) is 2.83. The second-order valence-electron chi connectivity index (χ2n) is 7.53. The van der Waals surface area contributed by atoms with Crippen molar-refractivity contribution in [2.75, 3.05) is 19.7 Å². The van der Waals surface area contributed by atoms with Crippen molar-refractivity contribution < 1.29 is 32.6 Å². The number of carboxylic acid groups (broad SMARTS) is 1. The fraction of sp³-hybridized carbons (Fsp3) is 0.364. The van der Waals surface area contributed by atoms with Gasteiger partial charge in [-0.05, 0) is 35.1 Å². The van der Waals surface area contributed by atoms with Gasteiger partial charge in [0.2, 0.25) is 0 Å². The third kappa shape index (κ3) is 5.38. The van der Waals surface area contributed by atoms with E-state index in [1.165, 1.54) is 22.3 Å². The number of likely N-dealkylation sites (tertiary alicyclic amines) is 1. The largest absolute Gasteiger partial charge is 0.490 e. The summed E-state index contributed by atoms with van der Waals surface area (Å²) in [5.41, 5.74) is 7.75. The van der Waals surface area contributed by atoms with Crippen molar-refractivity contribution in [1.82, 2.24) is 10.3 Å². The molecule has 1 fully saturated rings. The molecule has 0 spiro atoms. The summed E-state index contributed by atoms with van der Waals surface area (Å²) < 4.78 is 37.4. The lowest BCUT2D eigenvalue weighted by molar-refractivity contribution is -0.192. The molecular formula is C22H24F3N3O4. The summed E-state index contributed by atoms with van der Waals surface area (Å²) in [5, 5.41) is 7.12. The second-order valence-corrected chi connectivity index (χ2v) is 7.53. The lowest BCUT2D eigenvalue weighted by Gasteiger charge is -2.31. The van der Waals surface area contributed by atoms with Crippen LogP contribution in [0.4, 0.5) is 18.0 Å². The first-order valence-corrected chi connectivity index (χ1v) is 10.1. The SMILES string of the molecule is NNC1CCN(C(=O)OCC2c3ccccc3-c3ccccc32)CC1.O=C(O)C(F)(F)F. The van der Waals surface area contributed by atoms with Crippen LogP contribution >= 0.6 is 0 Å². The summed E-state index contributed by atoms with van der Waals surface area (Å²) in [6, 6.07) is 17.0. The Morgan fingerprint density at radius 1 is 1.03 bits per heavy atom. The molecule has 4 N–H and O–H groups in total. The lowest BCUT2D eigenvalue weighted by atomic mass is 9.98. The molecule has 0 atom stereocenters. The Labute approximate surface area is 182 Å². The Hall–Kier alpha value is -3.11. The maximum absolute atomic E-state index is 12.4. The van der Waals surface area contributed by atoms with Crippen molar-refractivity contribution in [2.45, 2.75) is 31.0 Å². The van der Waals surface area contributed by atoms with Gasteiger partial charge in [-0.2, -0.15) is 13.2 Å². The van der Waals surface area contributed by atoms with Gasteiger partial charge in [-0.25, -0.2) is 9.59 Å². The molecule has 7 nitrogen and oxygen atoms in total. The molecule has 172 valence electrons. The minimum Gasteiger partial charge on any atom is -0.475 e. The summed E-state index contributed by atoms with van der Waals surface area (Å²) in [4.78, 5) is 23.1. The third-order valence-electron chi connectivity index (χ3n) is 5.57. The molecule has 1 amide bonds. The van der Waals surface area contributed by atoms with Gasteiger partial charge in [0.05, 0.1) is 0 Å². The van der Waals surface area contributed by atoms with E-state index in [9.17, 15) is 18.0 Å². The van der Waals surface area contributed by atoms with Crippen molar-refractivity contribution in [3.05, 3.63) is 59.7 Å². The number of amides is 1. The molecular weight excluding hydrogens is 427 g/mol. The molecule has 32 heavy (non-hydrogen) atoms. The van der Waals surface area contributed by atoms with Gasteiger partial charge >= 0.3 is 18.2 Å². The smallest absolute Gasteiger partial charge is 0.475 e. The number of nitrogens with zero attached hydrogens (tertiary/aromatic N) is 1. The van der Waals surface area contributed by atoms with Crippen LogP contribution in [0.2, 0.25) is 0 Å². The predicted molar refractivity (Wildman–Crippen MR) is 111 cm³/mol. The normalized spacial score (nSPS) is 15.9. The fourth-order valence-electron chi connectivity index (χ4n) is 3.91. The number of hydrogen-bond donors (Lipinski definition) is 3. The Morgan fingerprint density at radius 3 is 1.94 bits per heavy atom. The third-order valence-corrected chi connectivity index (χ3v) is 5.57. The number of hydrogen-bond acceptors (Lipinski definition) is 5. The Kier molecular flexibility index (Phi) is 7.37. The van der Waals surface area contributed by atoms with Crippen LogP contribution in [0.25, 0.3) is 11.1 Å². The van der Waals surface area contributed by atoms with E-state index in [0.717, 1.165) is 12.8 Å². The summed E-state index contributed by atoms with van der Waals surface area (Å²) >= 11 is 0. The molecule has 0 saturated carbocycles. The minimum atomic E-state index is -5.08. The van der Waals surface area contributed by atoms with Crippen molar-refractivity contribution in [2.24, 2.45) is 5.84 Å². The number of benzene rings is 2. The van der Waals surface area contributed by atoms with E-state index >= 15 is 0 Å². The average Bonchev–Trinajstić information content (AvgIpc) is 3.11. The number of rotatable bonds is 3. The van der Waals surface area contributed by atoms with Crippen LogP contribution in [0.3, 0.4) is 0 Å². The molecule has 4 rings (SSSR count). The lowest BCUT2D eigenvalue weighted by Crippen LogP contribution is -2.47. The topological polar surface area (TPSA) is 105 Å². The van der Waals surface area contributed by atoms with E-state index in [1.807, 2.05) is 12.1 Å². The van der Waals surface area contributed by atoms with Gasteiger partial charge in [0.1, 0.15) is 6.61 Å². The van der Waals surface area contributed by atoms with Crippen LogP contribution in [0.15, 0.2) is 48.5 Å². The number of carbonyl (C=O) groups is 2. The van der Waals surface area contributed by atoms with E-state index < -0.39 is 12.1 Å². The first kappa shape index (κ1) is 23.6. The standard InChI is InChI=1S/C20H23N3O2.C2HF3O2/c21-22-14-9-11-23(12-10-14)20(24)25-13-19-17-7-3-1-5-15(17)16-6-2-4-8-18(16)19;3-2(4,5)1(6)7/h1-8,14,19,22H,9-13,21H2;(H,6,7). The van der Waals surface area contributed by atoms with Gasteiger partial charge in [-0.3, -0.25) is 11.3 Å². The molecule has 1 aliphatic carbocycles. The van der Waals surface area contributed by atoms with Gasteiger partial charge in [0, 0.05) is 25.0 Å². The van der Waals surface area contributed by atoms with Crippen LogP contribution in [0, 0.1) is 0 Å². The van der Waals surface area contributed by atoms with E-state index in [2.05, 4.69) is 41.8 Å². The van der Waals surface area contributed by atoms with Crippen LogP contribution < -0.4 is 11.3 Å². The molecule has 0 unspecified atom stereocenters. The highest BCUT2D eigenvalue weighted by Gasteiger charge is 2.38. The summed E-state index contributed by atoms with van der Waals surface area (Å²) in [6.07, 6.45) is -3.58. The minimum absolute atomic E-state index is 0.111. The summed E-state index contributed by atoms with van der Waals surface area (Å²) in [6.45, 7) is 1.75. The Morgan fingerprint density at radius 2 is 1.50 bits per heavy atom. The highest BCUT2D eigenvalue weighted by Crippen LogP contribution is 2.44. The van der Waals surface area contributed by atoms with Crippen molar-refractivity contribution >= 4 is 12.1 Å². The molecule has 1 aliphatic heterocycles. The van der Waals surface area contributed by atoms with Crippen molar-refractivity contribution in [1.29, 1.82) is 0 Å². The number of ether oxygens (including phenoxy) is 1. The van der Waals surface area contributed by atoms with Crippen LogP contribution in [0.5, 0.6) is 0 Å². The number of hydrazine groups is 1. The first-order valence-electron chi connectivity index (χ1n) is 10.1. The molecule has 2 aromatic rings. The zero-order valence-electron chi connectivity index (χ0n) is 17.1. The Bertz CT molecular complexity index is 914. The highest BCUT2D eigenvalue weighted by molar-refractivity contribution is 5.79. The zero-order valence-corrected chi connectivity index (χ0v) is 17.1. The maximum Gasteiger partial charge on any atom is 0.490 e. The van der Waals surface area contributed by atoms with Gasteiger partial charge in [0.25, 0.3) is 0 Å². The van der Waals surface area contributed by atoms with Gasteiger partial charge < -0.3 is 14.7 Å². The average molecular weight is 451 g/mol. The van der Waals surface area contributed by atoms with Gasteiger partial charge in [-0.1, -0.05) is 48.5 Å². The maximum atomic E-state index is 12.4. The molecule has 0 radical (unpaired) electrons. The number of carbonyl (C=O) groups excluding carboxylic acids is 1. The Balaban J connectivity index is 0.000000360. The number of carboxylic acids is 1. The van der Waals surface area contributed by atoms with E-state index in [-0.39, 0.29) is 18.1 Å². The van der Waals surface area contributed by atoms with Gasteiger partial charge in [-0.15, -0.1) is 0 Å². The number of fused-ring (bicyclic) bond motifs is 3. The molecule has 2 aliphatic rings.